The maximum Gasteiger partial charge on any atom is 0.411 e. The number of rotatable bonds is 7. The molecule has 264 valence electrons. The van der Waals surface area contributed by atoms with Gasteiger partial charge in [0.05, 0.1) is 23.0 Å². The lowest BCUT2D eigenvalue weighted by Crippen LogP contribution is -2.55. The molecule has 0 saturated carbocycles. The molecule has 0 aliphatic carbocycles. The number of Topliss-reactive ketones (excluding diaryl/α,β-unsaturated/α-hetero) is 1. The van der Waals surface area contributed by atoms with E-state index >= 15 is 0 Å². The standard InChI is InChI=1S/C38H50FN5O5/c1-23(2)43(24(3)4)34(46)28-20-26(39)10-11-30(28)42-22-29(27-13-17-40-21-32(27)42)33(45)25-14-18-41(19-15-25)35(47)31-12-16-38(8,9)44(31)36(48)49-37(5,6)7/h10-11,13,17,20-25,31H,12,14-16,18-19H2,1-9H3/t31-/m0/s1. The van der Waals surface area contributed by atoms with Crippen LogP contribution in [0.25, 0.3) is 16.6 Å². The summed E-state index contributed by atoms with van der Waals surface area (Å²) in [5.74, 6) is -1.33. The van der Waals surface area contributed by atoms with Crippen LogP contribution in [0.1, 0.15) is 109 Å². The third-order valence-corrected chi connectivity index (χ3v) is 9.72. The highest BCUT2D eigenvalue weighted by Gasteiger charge is 2.49. The molecule has 2 aliphatic rings. The van der Waals surface area contributed by atoms with Gasteiger partial charge >= 0.3 is 6.09 Å². The van der Waals surface area contributed by atoms with Crippen LogP contribution in [0.5, 0.6) is 0 Å². The number of nitrogens with zero attached hydrogens (tertiary/aromatic N) is 5. The SMILES string of the molecule is CC(C)N(C(=O)c1cc(F)ccc1-n1cc(C(=O)C2CCN(C(=O)[C@@H]3CCC(C)(C)N3C(=O)OC(C)(C)C)CC2)c2ccncc21)C(C)C. The van der Waals surface area contributed by atoms with Crippen molar-refractivity contribution in [3.63, 3.8) is 0 Å². The Morgan fingerprint density at radius 2 is 1.63 bits per heavy atom. The maximum atomic E-state index is 14.6. The Labute approximate surface area is 288 Å². The number of ether oxygens (including phenoxy) is 1. The molecule has 2 fully saturated rings. The van der Waals surface area contributed by atoms with E-state index in [0.29, 0.717) is 60.9 Å². The highest BCUT2D eigenvalue weighted by Crippen LogP contribution is 2.37. The van der Waals surface area contributed by atoms with Gasteiger partial charge in [-0.2, -0.15) is 0 Å². The summed E-state index contributed by atoms with van der Waals surface area (Å²) in [5, 5.41) is 0.687. The van der Waals surface area contributed by atoms with Crippen molar-refractivity contribution in [3.8, 4) is 5.69 Å². The summed E-state index contributed by atoms with van der Waals surface area (Å²) in [6, 6.07) is 5.08. The summed E-state index contributed by atoms with van der Waals surface area (Å²) >= 11 is 0. The Balaban J connectivity index is 1.38. The predicted molar refractivity (Wildman–Crippen MR) is 186 cm³/mol. The molecule has 0 spiro atoms. The fourth-order valence-corrected chi connectivity index (χ4v) is 7.44. The monoisotopic (exact) mass is 675 g/mol. The van der Waals surface area contributed by atoms with Crippen LogP contribution >= 0.6 is 0 Å². The summed E-state index contributed by atoms with van der Waals surface area (Å²) in [6.07, 6.45) is 6.70. The van der Waals surface area contributed by atoms with E-state index in [9.17, 15) is 23.6 Å². The fourth-order valence-electron chi connectivity index (χ4n) is 7.44. The highest BCUT2D eigenvalue weighted by molar-refractivity contribution is 6.10. The smallest absolute Gasteiger partial charge is 0.411 e. The Hall–Kier alpha value is -4.28. The summed E-state index contributed by atoms with van der Waals surface area (Å²) < 4.78 is 22.1. The van der Waals surface area contributed by atoms with Gasteiger partial charge in [-0.25, -0.2) is 9.18 Å². The van der Waals surface area contributed by atoms with E-state index in [2.05, 4.69) is 4.98 Å². The molecule has 0 bridgehead atoms. The molecule has 2 saturated heterocycles. The minimum atomic E-state index is -0.683. The number of likely N-dealkylation sites (tertiary alicyclic amines) is 2. The molecule has 2 aliphatic heterocycles. The minimum absolute atomic E-state index is 0.0552. The van der Waals surface area contributed by atoms with E-state index in [1.807, 2.05) is 62.3 Å². The number of piperidine rings is 1. The quantitative estimate of drug-likeness (QED) is 0.249. The number of carbonyl (C=O) groups is 4. The van der Waals surface area contributed by atoms with Crippen LogP contribution in [-0.4, -0.2) is 90.3 Å². The molecular weight excluding hydrogens is 625 g/mol. The number of aromatic nitrogens is 2. The Bertz CT molecular complexity index is 1740. The number of halogens is 1. The van der Waals surface area contributed by atoms with Crippen molar-refractivity contribution in [2.45, 2.75) is 117 Å². The van der Waals surface area contributed by atoms with Crippen molar-refractivity contribution in [1.82, 2.24) is 24.3 Å². The average molecular weight is 676 g/mol. The normalized spacial score (nSPS) is 18.4. The first-order chi connectivity index (χ1) is 22.9. The van der Waals surface area contributed by atoms with Crippen molar-refractivity contribution in [1.29, 1.82) is 0 Å². The summed E-state index contributed by atoms with van der Waals surface area (Å²) in [4.78, 5) is 64.4. The lowest BCUT2D eigenvalue weighted by Gasteiger charge is -2.39. The fraction of sp³-hybridized carbons (Fsp3) is 0.553. The van der Waals surface area contributed by atoms with Crippen molar-refractivity contribution in [3.05, 3.63) is 59.8 Å². The number of benzene rings is 1. The van der Waals surface area contributed by atoms with E-state index in [1.165, 1.54) is 12.1 Å². The lowest BCUT2D eigenvalue weighted by molar-refractivity contribution is -0.138. The van der Waals surface area contributed by atoms with Gasteiger partial charge in [-0.05, 0) is 112 Å². The molecule has 3 amide bonds. The second kappa shape index (κ2) is 13.6. The maximum absolute atomic E-state index is 14.6. The Morgan fingerprint density at radius 3 is 2.24 bits per heavy atom. The molecule has 1 atom stereocenters. The number of hydrogen-bond donors (Lipinski definition) is 0. The first-order valence-corrected chi connectivity index (χ1v) is 17.3. The van der Waals surface area contributed by atoms with Gasteiger partial charge in [0.15, 0.2) is 5.78 Å². The summed E-state index contributed by atoms with van der Waals surface area (Å²) in [5.41, 5.74) is 0.580. The molecule has 3 aromatic rings. The largest absolute Gasteiger partial charge is 0.444 e. The molecule has 0 N–H and O–H groups in total. The zero-order valence-electron chi connectivity index (χ0n) is 30.2. The van der Waals surface area contributed by atoms with Gasteiger partial charge in [-0.1, -0.05) is 0 Å². The second-order valence-corrected chi connectivity index (χ2v) is 15.5. The van der Waals surface area contributed by atoms with Gasteiger partial charge in [-0.15, -0.1) is 0 Å². The van der Waals surface area contributed by atoms with Crippen molar-refractivity contribution < 1.29 is 28.3 Å². The van der Waals surface area contributed by atoms with Crippen LogP contribution < -0.4 is 0 Å². The van der Waals surface area contributed by atoms with Crippen LogP contribution in [0.15, 0.2) is 42.9 Å². The summed E-state index contributed by atoms with van der Waals surface area (Å²) in [6.45, 7) is 17.8. The van der Waals surface area contributed by atoms with Crippen molar-refractivity contribution in [2.24, 2.45) is 5.92 Å². The van der Waals surface area contributed by atoms with Crippen LogP contribution in [-0.2, 0) is 9.53 Å². The predicted octanol–water partition coefficient (Wildman–Crippen LogP) is 7.02. The Morgan fingerprint density at radius 1 is 0.980 bits per heavy atom. The lowest BCUT2D eigenvalue weighted by atomic mass is 9.88. The van der Waals surface area contributed by atoms with E-state index in [0.717, 1.165) is 0 Å². The third kappa shape index (κ3) is 7.21. The zero-order chi connectivity index (χ0) is 36.0. The van der Waals surface area contributed by atoms with Gasteiger partial charge in [0, 0.05) is 60.0 Å². The molecule has 0 radical (unpaired) electrons. The first-order valence-electron chi connectivity index (χ1n) is 17.3. The van der Waals surface area contributed by atoms with Crippen molar-refractivity contribution >= 4 is 34.6 Å². The van der Waals surface area contributed by atoms with Crippen molar-refractivity contribution in [2.75, 3.05) is 13.1 Å². The van der Waals surface area contributed by atoms with E-state index in [1.54, 1.807) is 50.0 Å². The highest BCUT2D eigenvalue weighted by atomic mass is 19.1. The number of amides is 3. The summed E-state index contributed by atoms with van der Waals surface area (Å²) in [7, 11) is 0. The van der Waals surface area contributed by atoms with E-state index in [4.69, 9.17) is 4.74 Å². The Kier molecular flexibility index (Phi) is 9.96. The molecular formula is C38H50FN5O5. The van der Waals surface area contributed by atoms with Gasteiger partial charge in [0.25, 0.3) is 5.91 Å². The van der Waals surface area contributed by atoms with Gasteiger partial charge < -0.3 is 19.1 Å². The molecule has 1 aromatic carbocycles. The number of fused-ring (bicyclic) bond motifs is 1. The molecule has 49 heavy (non-hydrogen) atoms. The van der Waals surface area contributed by atoms with Crippen LogP contribution in [0.3, 0.4) is 0 Å². The first kappa shape index (κ1) is 36.0. The van der Waals surface area contributed by atoms with Crippen LogP contribution in [0, 0.1) is 11.7 Å². The number of ketones is 1. The molecule has 5 rings (SSSR count). The molecule has 2 aromatic heterocycles. The average Bonchev–Trinajstić information content (AvgIpc) is 3.56. The number of carbonyl (C=O) groups excluding carboxylic acids is 4. The number of hydrogen-bond acceptors (Lipinski definition) is 6. The van der Waals surface area contributed by atoms with Gasteiger partial charge in [0.1, 0.15) is 17.5 Å². The molecule has 11 heteroatoms. The minimum Gasteiger partial charge on any atom is -0.444 e. The second-order valence-electron chi connectivity index (χ2n) is 15.5. The van der Waals surface area contributed by atoms with Crippen LogP contribution in [0.4, 0.5) is 9.18 Å². The van der Waals surface area contributed by atoms with E-state index in [-0.39, 0.29) is 41.2 Å². The number of pyridine rings is 1. The third-order valence-electron chi connectivity index (χ3n) is 9.72. The van der Waals surface area contributed by atoms with Gasteiger partial charge in [0.2, 0.25) is 5.91 Å². The van der Waals surface area contributed by atoms with Crippen LogP contribution in [0.2, 0.25) is 0 Å². The molecule has 10 nitrogen and oxygen atoms in total. The topological polar surface area (TPSA) is 105 Å². The molecule has 0 unspecified atom stereocenters. The van der Waals surface area contributed by atoms with Gasteiger partial charge in [-0.3, -0.25) is 24.3 Å². The molecule has 4 heterocycles. The van der Waals surface area contributed by atoms with E-state index < -0.39 is 29.1 Å². The zero-order valence-corrected chi connectivity index (χ0v) is 30.2.